The molecule has 4 heteroatoms. The number of halogens is 2. The highest BCUT2D eigenvalue weighted by molar-refractivity contribution is 6.30. The summed E-state index contributed by atoms with van der Waals surface area (Å²) in [5, 5.41) is 5.90. The molecule has 100 valence electrons. The maximum absolute atomic E-state index is 6.25. The number of hydrogen-bond donors (Lipinski definition) is 0. The number of rotatable bonds is 3. The van der Waals surface area contributed by atoms with Gasteiger partial charge in [-0.15, -0.1) is 0 Å². The Hall–Kier alpha value is -1.77. The van der Waals surface area contributed by atoms with E-state index < -0.39 is 0 Å². The zero-order chi connectivity index (χ0) is 13.9. The molecule has 0 atom stereocenters. The van der Waals surface area contributed by atoms with Gasteiger partial charge in [0.1, 0.15) is 5.15 Å². The van der Waals surface area contributed by atoms with E-state index in [1.165, 1.54) is 0 Å². The summed E-state index contributed by atoms with van der Waals surface area (Å²) in [7, 11) is 0. The summed E-state index contributed by atoms with van der Waals surface area (Å²) >= 11 is 12.1. The van der Waals surface area contributed by atoms with Crippen molar-refractivity contribution in [3.8, 4) is 11.3 Å². The second-order valence-electron chi connectivity index (χ2n) is 4.50. The summed E-state index contributed by atoms with van der Waals surface area (Å²) in [6, 6.07) is 19.6. The zero-order valence-electron chi connectivity index (χ0n) is 10.6. The van der Waals surface area contributed by atoms with Gasteiger partial charge in [0.05, 0.1) is 12.2 Å². The third kappa shape index (κ3) is 2.87. The van der Waals surface area contributed by atoms with Crippen molar-refractivity contribution in [1.29, 1.82) is 0 Å². The summed E-state index contributed by atoms with van der Waals surface area (Å²) < 4.78 is 1.78. The predicted molar refractivity (Wildman–Crippen MR) is 83.2 cm³/mol. The van der Waals surface area contributed by atoms with Crippen LogP contribution in [0.25, 0.3) is 11.3 Å². The van der Waals surface area contributed by atoms with Crippen molar-refractivity contribution < 1.29 is 0 Å². The molecule has 0 unspecified atom stereocenters. The third-order valence-corrected chi connectivity index (χ3v) is 3.60. The Kier molecular flexibility index (Phi) is 3.77. The number of hydrogen-bond acceptors (Lipinski definition) is 1. The fourth-order valence-electron chi connectivity index (χ4n) is 2.02. The largest absolute Gasteiger partial charge is 0.249 e. The van der Waals surface area contributed by atoms with Gasteiger partial charge in [-0.05, 0) is 17.7 Å². The van der Waals surface area contributed by atoms with Crippen LogP contribution in [0, 0.1) is 0 Å². The van der Waals surface area contributed by atoms with Crippen molar-refractivity contribution in [2.45, 2.75) is 6.54 Å². The first-order valence-corrected chi connectivity index (χ1v) is 7.01. The third-order valence-electron chi connectivity index (χ3n) is 3.05. The van der Waals surface area contributed by atoms with Crippen LogP contribution in [0.3, 0.4) is 0 Å². The number of benzene rings is 2. The quantitative estimate of drug-likeness (QED) is 0.672. The van der Waals surface area contributed by atoms with Gasteiger partial charge < -0.3 is 0 Å². The van der Waals surface area contributed by atoms with E-state index in [-0.39, 0.29) is 0 Å². The minimum Gasteiger partial charge on any atom is -0.249 e. The summed E-state index contributed by atoms with van der Waals surface area (Å²) in [6.07, 6.45) is 0. The molecule has 3 rings (SSSR count). The van der Waals surface area contributed by atoms with Gasteiger partial charge >= 0.3 is 0 Å². The van der Waals surface area contributed by atoms with Crippen LogP contribution in [0.1, 0.15) is 5.56 Å². The molecule has 0 N–H and O–H groups in total. The van der Waals surface area contributed by atoms with Crippen LogP contribution in [-0.2, 0) is 6.54 Å². The molecular weight excluding hydrogens is 291 g/mol. The smallest absolute Gasteiger partial charge is 0.128 e. The number of nitrogens with zero attached hydrogens (tertiary/aromatic N) is 2. The van der Waals surface area contributed by atoms with E-state index in [2.05, 4.69) is 5.10 Å². The van der Waals surface area contributed by atoms with Crippen LogP contribution in [-0.4, -0.2) is 9.78 Å². The fourth-order valence-corrected chi connectivity index (χ4v) is 2.34. The molecule has 0 saturated carbocycles. The molecule has 0 spiro atoms. The first-order valence-electron chi connectivity index (χ1n) is 6.25. The normalized spacial score (nSPS) is 10.7. The Labute approximate surface area is 127 Å². The molecule has 0 aliphatic heterocycles. The fraction of sp³-hybridized carbons (Fsp3) is 0.0625. The molecule has 20 heavy (non-hydrogen) atoms. The molecule has 0 amide bonds. The summed E-state index contributed by atoms with van der Waals surface area (Å²) in [5.74, 6) is 0. The second kappa shape index (κ2) is 5.70. The molecule has 0 radical (unpaired) electrons. The average Bonchev–Trinajstić information content (AvgIpc) is 2.84. The van der Waals surface area contributed by atoms with Gasteiger partial charge in [-0.3, -0.25) is 0 Å². The molecule has 1 heterocycles. The lowest BCUT2D eigenvalue weighted by Crippen LogP contribution is -2.01. The standard InChI is InChI=1S/C16H12Cl2N2/c17-14-8-6-12(7-9-14)11-20-16(18)10-15(19-20)13-4-2-1-3-5-13/h1-10H,11H2. The van der Waals surface area contributed by atoms with E-state index in [1.807, 2.05) is 60.7 Å². The Morgan fingerprint density at radius 2 is 1.60 bits per heavy atom. The van der Waals surface area contributed by atoms with Crippen LogP contribution < -0.4 is 0 Å². The average molecular weight is 303 g/mol. The van der Waals surface area contributed by atoms with Crippen molar-refractivity contribution >= 4 is 23.2 Å². The van der Waals surface area contributed by atoms with Crippen LogP contribution in [0.2, 0.25) is 10.2 Å². The monoisotopic (exact) mass is 302 g/mol. The van der Waals surface area contributed by atoms with Gasteiger partial charge in [0.15, 0.2) is 0 Å². The van der Waals surface area contributed by atoms with E-state index in [9.17, 15) is 0 Å². The first-order chi connectivity index (χ1) is 9.72. The van der Waals surface area contributed by atoms with Gasteiger partial charge in [0.25, 0.3) is 0 Å². The Bertz CT molecular complexity index is 703. The lowest BCUT2D eigenvalue weighted by atomic mass is 10.2. The molecule has 3 aromatic rings. The van der Waals surface area contributed by atoms with E-state index in [1.54, 1.807) is 4.68 Å². The van der Waals surface area contributed by atoms with Crippen molar-refractivity contribution in [1.82, 2.24) is 9.78 Å². The molecule has 0 fully saturated rings. The molecule has 0 bridgehead atoms. The molecule has 2 aromatic carbocycles. The number of aromatic nitrogens is 2. The first kappa shape index (κ1) is 13.2. The molecule has 0 saturated heterocycles. The zero-order valence-corrected chi connectivity index (χ0v) is 12.1. The molecule has 2 nitrogen and oxygen atoms in total. The molecular formula is C16H12Cl2N2. The van der Waals surface area contributed by atoms with E-state index in [4.69, 9.17) is 23.2 Å². The molecule has 0 aliphatic carbocycles. The topological polar surface area (TPSA) is 17.8 Å². The minimum absolute atomic E-state index is 0.624. The van der Waals surface area contributed by atoms with Gasteiger partial charge in [-0.25, -0.2) is 4.68 Å². The Balaban J connectivity index is 1.88. The lowest BCUT2D eigenvalue weighted by molar-refractivity contribution is 0.690. The van der Waals surface area contributed by atoms with Gasteiger partial charge in [-0.2, -0.15) is 5.10 Å². The van der Waals surface area contributed by atoms with Gasteiger partial charge in [0.2, 0.25) is 0 Å². The maximum Gasteiger partial charge on any atom is 0.128 e. The summed E-state index contributed by atoms with van der Waals surface area (Å²) in [4.78, 5) is 0. The predicted octanol–water partition coefficient (Wildman–Crippen LogP) is 4.91. The highest BCUT2D eigenvalue weighted by Gasteiger charge is 2.08. The van der Waals surface area contributed by atoms with Crippen molar-refractivity contribution in [2.75, 3.05) is 0 Å². The van der Waals surface area contributed by atoms with Crippen LogP contribution in [0.15, 0.2) is 60.7 Å². The second-order valence-corrected chi connectivity index (χ2v) is 5.33. The molecule has 0 aliphatic rings. The van der Waals surface area contributed by atoms with Gasteiger partial charge in [-0.1, -0.05) is 65.7 Å². The van der Waals surface area contributed by atoms with Crippen LogP contribution >= 0.6 is 23.2 Å². The van der Waals surface area contributed by atoms with Crippen molar-refractivity contribution in [3.05, 3.63) is 76.4 Å². The van der Waals surface area contributed by atoms with E-state index in [0.29, 0.717) is 11.7 Å². The van der Waals surface area contributed by atoms with Crippen LogP contribution in [0.5, 0.6) is 0 Å². The Morgan fingerprint density at radius 1 is 0.900 bits per heavy atom. The highest BCUT2D eigenvalue weighted by Crippen LogP contribution is 2.22. The molecule has 1 aromatic heterocycles. The SMILES string of the molecule is Clc1ccc(Cn2nc(-c3ccccc3)cc2Cl)cc1. The maximum atomic E-state index is 6.25. The summed E-state index contributed by atoms with van der Waals surface area (Å²) in [5.41, 5.74) is 3.05. The van der Waals surface area contributed by atoms with Crippen molar-refractivity contribution in [3.63, 3.8) is 0 Å². The highest BCUT2D eigenvalue weighted by atomic mass is 35.5. The lowest BCUT2D eigenvalue weighted by Gasteiger charge is -2.03. The minimum atomic E-state index is 0.624. The Morgan fingerprint density at radius 3 is 2.30 bits per heavy atom. The van der Waals surface area contributed by atoms with Crippen molar-refractivity contribution in [2.24, 2.45) is 0 Å². The summed E-state index contributed by atoms with van der Waals surface area (Å²) in [6.45, 7) is 0.628. The van der Waals surface area contributed by atoms with E-state index >= 15 is 0 Å². The van der Waals surface area contributed by atoms with Crippen LogP contribution in [0.4, 0.5) is 0 Å². The van der Waals surface area contributed by atoms with E-state index in [0.717, 1.165) is 21.8 Å². The van der Waals surface area contributed by atoms with Gasteiger partial charge in [0, 0.05) is 16.7 Å².